The predicted octanol–water partition coefficient (Wildman–Crippen LogP) is 4.91. The van der Waals surface area contributed by atoms with E-state index in [-0.39, 0.29) is 17.6 Å². The van der Waals surface area contributed by atoms with Gasteiger partial charge in [-0.3, -0.25) is 4.79 Å². The van der Waals surface area contributed by atoms with Crippen LogP contribution in [0.15, 0.2) is 70.3 Å². The number of nitriles is 1. The third-order valence-corrected chi connectivity index (χ3v) is 5.87. The van der Waals surface area contributed by atoms with Crippen molar-refractivity contribution in [2.24, 2.45) is 5.92 Å². The zero-order valence-corrected chi connectivity index (χ0v) is 16.9. The molecule has 1 fully saturated rings. The van der Waals surface area contributed by atoms with Crippen molar-refractivity contribution in [3.05, 3.63) is 60.7 Å². The smallest absolute Gasteiger partial charge is 0.257 e. The van der Waals surface area contributed by atoms with Gasteiger partial charge < -0.3 is 9.73 Å². The van der Waals surface area contributed by atoms with Crippen LogP contribution in [-0.4, -0.2) is 22.2 Å². The van der Waals surface area contributed by atoms with E-state index in [0.29, 0.717) is 11.0 Å². The van der Waals surface area contributed by atoms with Crippen LogP contribution < -0.4 is 5.32 Å². The van der Waals surface area contributed by atoms with Gasteiger partial charge in [0.25, 0.3) is 5.22 Å². The molecule has 0 radical (unpaired) electrons. The molecular formula is C23H21N3O2S. The number of carbonyl (C=O) groups is 1. The zero-order chi connectivity index (χ0) is 20.3. The first-order valence-corrected chi connectivity index (χ1v) is 10.5. The quantitative estimate of drug-likeness (QED) is 0.567. The van der Waals surface area contributed by atoms with Crippen LogP contribution in [0.25, 0.3) is 22.6 Å². The van der Waals surface area contributed by atoms with Gasteiger partial charge in [-0.05, 0) is 25.7 Å². The van der Waals surface area contributed by atoms with Crippen LogP contribution in [0.1, 0.15) is 19.8 Å². The molecule has 5 nitrogen and oxygen atoms in total. The third-order valence-electron chi connectivity index (χ3n) is 5.04. The highest BCUT2D eigenvalue weighted by Crippen LogP contribution is 2.39. The molecule has 1 unspecified atom stereocenters. The minimum absolute atomic E-state index is 0.146. The largest absolute Gasteiger partial charge is 0.431 e. The Bertz CT molecular complexity index is 982. The monoisotopic (exact) mass is 403 g/mol. The Morgan fingerprint density at radius 3 is 2.38 bits per heavy atom. The number of aromatic nitrogens is 1. The molecular weight excluding hydrogens is 382 g/mol. The van der Waals surface area contributed by atoms with Gasteiger partial charge in [-0.25, -0.2) is 4.98 Å². The molecule has 1 atom stereocenters. The average Bonchev–Trinajstić information content (AvgIpc) is 3.54. The number of hydrogen-bond acceptors (Lipinski definition) is 5. The Hall–Kier alpha value is -3.04. The van der Waals surface area contributed by atoms with E-state index in [9.17, 15) is 10.1 Å². The molecule has 1 aliphatic carbocycles. The van der Waals surface area contributed by atoms with E-state index in [1.165, 1.54) is 11.8 Å². The number of nitrogens with one attached hydrogen (secondary N) is 1. The standard InChI is InChI=1S/C23H21N3O2S/c1-23(15-24,18-12-13-18)26-19(27)14-29-22-25-20(16-8-4-2-5-9-16)21(28-22)17-10-6-3-7-11-17/h2-11,18H,12-14H2,1H3,(H,26,27). The molecule has 6 heteroatoms. The summed E-state index contributed by atoms with van der Waals surface area (Å²) in [5.41, 5.74) is 1.84. The Balaban J connectivity index is 1.53. The number of carbonyl (C=O) groups excluding carboxylic acids is 1. The van der Waals surface area contributed by atoms with Gasteiger partial charge in [0.1, 0.15) is 11.2 Å². The fourth-order valence-corrected chi connectivity index (χ4v) is 3.90. The number of amides is 1. The van der Waals surface area contributed by atoms with E-state index >= 15 is 0 Å². The summed E-state index contributed by atoms with van der Waals surface area (Å²) in [5, 5.41) is 12.7. The summed E-state index contributed by atoms with van der Waals surface area (Å²) < 4.78 is 6.03. The Kier molecular flexibility index (Phi) is 5.41. The average molecular weight is 404 g/mol. The van der Waals surface area contributed by atoms with Crippen molar-refractivity contribution >= 4 is 17.7 Å². The molecule has 3 aromatic rings. The molecule has 1 aliphatic rings. The van der Waals surface area contributed by atoms with Crippen molar-refractivity contribution in [1.82, 2.24) is 10.3 Å². The first-order valence-electron chi connectivity index (χ1n) is 9.56. The summed E-state index contributed by atoms with van der Waals surface area (Å²) in [5.74, 6) is 0.885. The van der Waals surface area contributed by atoms with Gasteiger partial charge in [0, 0.05) is 11.1 Å². The summed E-state index contributed by atoms with van der Waals surface area (Å²) in [6, 6.07) is 21.9. The summed E-state index contributed by atoms with van der Waals surface area (Å²) in [4.78, 5) is 17.0. The molecule has 1 aromatic heterocycles. The molecule has 1 saturated carbocycles. The maximum absolute atomic E-state index is 12.4. The van der Waals surface area contributed by atoms with E-state index in [2.05, 4.69) is 16.4 Å². The second kappa shape index (κ2) is 8.14. The highest BCUT2D eigenvalue weighted by molar-refractivity contribution is 7.99. The van der Waals surface area contributed by atoms with Crippen LogP contribution in [0.2, 0.25) is 0 Å². The van der Waals surface area contributed by atoms with Crippen molar-refractivity contribution in [3.8, 4) is 28.7 Å². The molecule has 0 bridgehead atoms. The predicted molar refractivity (Wildman–Crippen MR) is 113 cm³/mol. The Morgan fingerprint density at radius 2 is 1.79 bits per heavy atom. The van der Waals surface area contributed by atoms with Gasteiger partial charge in [0.05, 0.1) is 11.8 Å². The van der Waals surface area contributed by atoms with Crippen molar-refractivity contribution in [2.75, 3.05) is 5.75 Å². The lowest BCUT2D eigenvalue weighted by atomic mass is 9.98. The van der Waals surface area contributed by atoms with Gasteiger partial charge in [0.15, 0.2) is 5.76 Å². The maximum Gasteiger partial charge on any atom is 0.257 e. The molecule has 1 heterocycles. The summed E-state index contributed by atoms with van der Waals surface area (Å²) in [7, 11) is 0. The number of oxazole rings is 1. The van der Waals surface area contributed by atoms with Gasteiger partial charge in [0.2, 0.25) is 5.91 Å². The van der Waals surface area contributed by atoms with Crippen molar-refractivity contribution in [2.45, 2.75) is 30.5 Å². The highest BCUT2D eigenvalue weighted by atomic mass is 32.2. The van der Waals surface area contributed by atoms with E-state index < -0.39 is 5.54 Å². The van der Waals surface area contributed by atoms with Crippen LogP contribution in [-0.2, 0) is 4.79 Å². The third kappa shape index (κ3) is 4.36. The molecule has 146 valence electrons. The second-order valence-electron chi connectivity index (χ2n) is 7.31. The lowest BCUT2D eigenvalue weighted by Crippen LogP contribution is -2.47. The van der Waals surface area contributed by atoms with Gasteiger partial charge >= 0.3 is 0 Å². The van der Waals surface area contributed by atoms with Crippen LogP contribution in [0, 0.1) is 17.2 Å². The first kappa shape index (κ1) is 19.3. The van der Waals surface area contributed by atoms with E-state index in [1.54, 1.807) is 6.92 Å². The summed E-state index contributed by atoms with van der Waals surface area (Å²) in [6.45, 7) is 1.79. The number of nitrogens with zero attached hydrogens (tertiary/aromatic N) is 2. The molecule has 0 spiro atoms. The molecule has 1 amide bonds. The number of benzene rings is 2. The highest BCUT2D eigenvalue weighted by Gasteiger charge is 2.43. The number of hydrogen-bond donors (Lipinski definition) is 1. The fourth-order valence-electron chi connectivity index (χ4n) is 3.27. The topological polar surface area (TPSA) is 78.9 Å². The van der Waals surface area contributed by atoms with E-state index in [4.69, 9.17) is 4.42 Å². The maximum atomic E-state index is 12.4. The summed E-state index contributed by atoms with van der Waals surface area (Å²) in [6.07, 6.45) is 1.97. The minimum Gasteiger partial charge on any atom is -0.431 e. The van der Waals surface area contributed by atoms with Crippen LogP contribution in [0.5, 0.6) is 0 Å². The van der Waals surface area contributed by atoms with Gasteiger partial charge in [-0.15, -0.1) is 0 Å². The normalized spacial score (nSPS) is 15.3. The molecule has 2 aromatic carbocycles. The van der Waals surface area contributed by atoms with E-state index in [0.717, 1.165) is 29.7 Å². The molecule has 0 saturated heterocycles. The number of rotatable bonds is 7. The Morgan fingerprint density at radius 1 is 1.17 bits per heavy atom. The fraction of sp³-hybridized carbons (Fsp3) is 0.261. The van der Waals surface area contributed by atoms with Gasteiger partial charge in [-0.1, -0.05) is 72.4 Å². The lowest BCUT2D eigenvalue weighted by molar-refractivity contribution is -0.119. The van der Waals surface area contributed by atoms with Gasteiger partial charge in [-0.2, -0.15) is 5.26 Å². The zero-order valence-electron chi connectivity index (χ0n) is 16.1. The van der Waals surface area contributed by atoms with Crippen LogP contribution in [0.3, 0.4) is 0 Å². The van der Waals surface area contributed by atoms with Crippen LogP contribution >= 0.6 is 11.8 Å². The summed E-state index contributed by atoms with van der Waals surface area (Å²) >= 11 is 1.24. The van der Waals surface area contributed by atoms with Crippen molar-refractivity contribution in [3.63, 3.8) is 0 Å². The second-order valence-corrected chi connectivity index (χ2v) is 8.24. The Labute approximate surface area is 174 Å². The minimum atomic E-state index is -0.793. The SMILES string of the molecule is CC(C#N)(NC(=O)CSc1nc(-c2ccccc2)c(-c2ccccc2)o1)C1CC1. The number of thioether (sulfide) groups is 1. The van der Waals surface area contributed by atoms with E-state index in [1.807, 2.05) is 60.7 Å². The van der Waals surface area contributed by atoms with Crippen LogP contribution in [0.4, 0.5) is 0 Å². The van der Waals surface area contributed by atoms with Crippen molar-refractivity contribution < 1.29 is 9.21 Å². The molecule has 0 aliphatic heterocycles. The molecule has 4 rings (SSSR count). The van der Waals surface area contributed by atoms with Crippen molar-refractivity contribution in [1.29, 1.82) is 5.26 Å². The first-order chi connectivity index (χ1) is 14.1. The molecule has 29 heavy (non-hydrogen) atoms. The molecule has 1 N–H and O–H groups in total. The lowest BCUT2D eigenvalue weighted by Gasteiger charge is -2.22.